The van der Waals surface area contributed by atoms with Crippen LogP contribution in [-0.2, 0) is 11.3 Å². The van der Waals surface area contributed by atoms with Gasteiger partial charge in [-0.25, -0.2) is 14.8 Å². The molecule has 130 valence electrons. The third-order valence-corrected chi connectivity index (χ3v) is 5.31. The van der Waals surface area contributed by atoms with Gasteiger partial charge >= 0.3 is 5.97 Å². The van der Waals surface area contributed by atoms with Crippen molar-refractivity contribution in [3.63, 3.8) is 0 Å². The van der Waals surface area contributed by atoms with Gasteiger partial charge in [-0.2, -0.15) is 0 Å². The van der Waals surface area contributed by atoms with E-state index in [1.807, 2.05) is 13.8 Å². The maximum Gasteiger partial charge on any atom is 0.342 e. The van der Waals surface area contributed by atoms with E-state index in [-0.39, 0.29) is 22.9 Å². The van der Waals surface area contributed by atoms with Crippen LogP contribution in [0.3, 0.4) is 0 Å². The minimum absolute atomic E-state index is 0.101. The van der Waals surface area contributed by atoms with Crippen molar-refractivity contribution in [3.8, 4) is 0 Å². The highest BCUT2D eigenvalue weighted by atomic mass is 35.5. The molecular formula is C17H16ClN3O3S. The van der Waals surface area contributed by atoms with Gasteiger partial charge in [0.2, 0.25) is 0 Å². The number of pyridine rings is 1. The van der Waals surface area contributed by atoms with Gasteiger partial charge in [-0.15, -0.1) is 11.3 Å². The molecule has 25 heavy (non-hydrogen) atoms. The summed E-state index contributed by atoms with van der Waals surface area (Å²) in [6, 6.07) is 1.76. The number of carbonyl (C=O) groups excluding carboxylic acids is 1. The fraction of sp³-hybridized carbons (Fsp3) is 0.294. The Bertz CT molecular complexity index is 1030. The van der Waals surface area contributed by atoms with Gasteiger partial charge in [-0.05, 0) is 44.9 Å². The summed E-state index contributed by atoms with van der Waals surface area (Å²) in [4.78, 5) is 37.3. The monoisotopic (exact) mass is 377 g/mol. The van der Waals surface area contributed by atoms with Crippen LogP contribution >= 0.6 is 22.9 Å². The van der Waals surface area contributed by atoms with Crippen LogP contribution in [0.5, 0.6) is 0 Å². The van der Waals surface area contributed by atoms with Crippen LogP contribution in [0.1, 0.15) is 37.9 Å². The van der Waals surface area contributed by atoms with Gasteiger partial charge in [-0.3, -0.25) is 4.79 Å². The molecule has 0 unspecified atom stereocenters. The summed E-state index contributed by atoms with van der Waals surface area (Å²) < 4.78 is 5.27. The van der Waals surface area contributed by atoms with Crippen LogP contribution in [-0.4, -0.2) is 20.9 Å². The number of H-pyrrole nitrogens is 1. The minimum Gasteiger partial charge on any atom is -0.454 e. The number of esters is 1. The molecule has 6 nitrogen and oxygen atoms in total. The van der Waals surface area contributed by atoms with Gasteiger partial charge in [0, 0.05) is 10.6 Å². The summed E-state index contributed by atoms with van der Waals surface area (Å²) in [5, 5.41) is 0.683. The summed E-state index contributed by atoms with van der Waals surface area (Å²) in [5.74, 6) is -0.308. The zero-order valence-electron chi connectivity index (χ0n) is 14.2. The molecule has 0 aliphatic rings. The number of aromatic nitrogens is 3. The number of rotatable bonds is 3. The molecule has 0 radical (unpaired) electrons. The molecule has 0 aliphatic heterocycles. The van der Waals surface area contributed by atoms with Crippen molar-refractivity contribution >= 4 is 39.1 Å². The Kier molecular flexibility index (Phi) is 4.62. The minimum atomic E-state index is -0.601. The smallest absolute Gasteiger partial charge is 0.342 e. The average molecular weight is 378 g/mol. The Morgan fingerprint density at radius 3 is 2.68 bits per heavy atom. The number of hydrogen-bond donors (Lipinski definition) is 1. The second-order valence-electron chi connectivity index (χ2n) is 5.80. The van der Waals surface area contributed by atoms with Crippen LogP contribution in [0, 0.1) is 27.7 Å². The summed E-state index contributed by atoms with van der Waals surface area (Å²) in [7, 11) is 0. The lowest BCUT2D eigenvalue weighted by Crippen LogP contribution is -2.15. The summed E-state index contributed by atoms with van der Waals surface area (Å²) in [6.45, 7) is 7.24. The van der Waals surface area contributed by atoms with E-state index < -0.39 is 5.97 Å². The molecule has 0 fully saturated rings. The van der Waals surface area contributed by atoms with Crippen LogP contribution in [0.15, 0.2) is 10.9 Å². The molecule has 0 saturated carbocycles. The first-order valence-corrected chi connectivity index (χ1v) is 8.77. The highest BCUT2D eigenvalue weighted by Crippen LogP contribution is 2.26. The average Bonchev–Trinajstić information content (AvgIpc) is 2.79. The second-order valence-corrected chi connectivity index (χ2v) is 7.36. The maximum absolute atomic E-state index is 12.3. The first kappa shape index (κ1) is 17.6. The quantitative estimate of drug-likeness (QED) is 0.556. The molecule has 0 atom stereocenters. The first-order chi connectivity index (χ1) is 11.8. The number of thiophene rings is 1. The Morgan fingerprint density at radius 2 is 2.00 bits per heavy atom. The van der Waals surface area contributed by atoms with Gasteiger partial charge in [0.25, 0.3) is 5.56 Å². The van der Waals surface area contributed by atoms with E-state index in [1.165, 1.54) is 11.3 Å². The van der Waals surface area contributed by atoms with E-state index in [9.17, 15) is 9.59 Å². The fourth-order valence-electron chi connectivity index (χ4n) is 2.61. The van der Waals surface area contributed by atoms with E-state index in [0.717, 1.165) is 16.1 Å². The first-order valence-electron chi connectivity index (χ1n) is 7.57. The number of fused-ring (bicyclic) bond motifs is 1. The molecular weight excluding hydrogens is 362 g/mol. The van der Waals surface area contributed by atoms with Crippen molar-refractivity contribution in [2.75, 3.05) is 0 Å². The molecule has 0 aromatic carbocycles. The van der Waals surface area contributed by atoms with E-state index in [4.69, 9.17) is 16.3 Å². The van der Waals surface area contributed by atoms with Gasteiger partial charge in [0.05, 0.1) is 10.9 Å². The highest BCUT2D eigenvalue weighted by Gasteiger charge is 2.18. The fourth-order valence-corrected chi connectivity index (χ4v) is 4.02. The standard InChI is InChI=1S/C17H16ClN3O3S/c1-7-5-8(2)19-14(18)12(7)17(23)24-6-11-20-15(22)13-9(3)10(4)25-16(13)21-11/h5H,6H2,1-4H3,(H,20,21,22). The molecule has 1 N–H and O–H groups in total. The number of nitrogens with one attached hydrogen (secondary N) is 1. The van der Waals surface area contributed by atoms with Gasteiger partial charge in [0.15, 0.2) is 0 Å². The molecule has 0 spiro atoms. The third kappa shape index (κ3) is 3.29. The lowest BCUT2D eigenvalue weighted by atomic mass is 10.1. The molecule has 3 heterocycles. The SMILES string of the molecule is Cc1cc(C)c(C(=O)OCc2nc3sc(C)c(C)c3c(=O)[nH]2)c(Cl)n1. The number of carbonyl (C=O) groups is 1. The van der Waals surface area contributed by atoms with Crippen molar-refractivity contribution in [3.05, 3.63) is 54.7 Å². The van der Waals surface area contributed by atoms with Crippen molar-refractivity contribution in [1.29, 1.82) is 0 Å². The van der Waals surface area contributed by atoms with E-state index in [1.54, 1.807) is 19.9 Å². The predicted octanol–water partition coefficient (Wildman–Crippen LogP) is 3.62. The highest BCUT2D eigenvalue weighted by molar-refractivity contribution is 7.18. The molecule has 0 bridgehead atoms. The Morgan fingerprint density at radius 1 is 1.28 bits per heavy atom. The van der Waals surface area contributed by atoms with Crippen molar-refractivity contribution in [1.82, 2.24) is 15.0 Å². The summed E-state index contributed by atoms with van der Waals surface area (Å²) in [6.07, 6.45) is 0. The molecule has 3 aromatic heterocycles. The Labute approximate surface area is 152 Å². The van der Waals surface area contributed by atoms with E-state index in [2.05, 4.69) is 15.0 Å². The lowest BCUT2D eigenvalue weighted by Gasteiger charge is -2.09. The van der Waals surface area contributed by atoms with Crippen LogP contribution in [0.25, 0.3) is 10.2 Å². The molecule has 0 amide bonds. The van der Waals surface area contributed by atoms with E-state index >= 15 is 0 Å². The zero-order valence-corrected chi connectivity index (χ0v) is 15.8. The van der Waals surface area contributed by atoms with Crippen LogP contribution in [0.2, 0.25) is 5.15 Å². The van der Waals surface area contributed by atoms with Crippen LogP contribution < -0.4 is 5.56 Å². The number of ether oxygens (including phenoxy) is 1. The second kappa shape index (κ2) is 6.57. The molecule has 0 aliphatic carbocycles. The molecule has 3 aromatic rings. The molecule has 8 heteroatoms. The largest absolute Gasteiger partial charge is 0.454 e. The number of aryl methyl sites for hydroxylation is 4. The van der Waals surface area contributed by atoms with Crippen molar-refractivity contribution in [2.24, 2.45) is 0 Å². The van der Waals surface area contributed by atoms with Gasteiger partial charge < -0.3 is 9.72 Å². The number of aromatic amines is 1. The number of halogens is 1. The number of nitrogens with zero attached hydrogens (tertiary/aromatic N) is 2. The topological polar surface area (TPSA) is 84.9 Å². The van der Waals surface area contributed by atoms with E-state index in [0.29, 0.717) is 21.6 Å². The lowest BCUT2D eigenvalue weighted by molar-refractivity contribution is 0.0461. The third-order valence-electron chi connectivity index (χ3n) is 3.93. The summed E-state index contributed by atoms with van der Waals surface area (Å²) in [5.41, 5.74) is 2.32. The van der Waals surface area contributed by atoms with Crippen molar-refractivity contribution < 1.29 is 9.53 Å². The van der Waals surface area contributed by atoms with Crippen LogP contribution in [0.4, 0.5) is 0 Å². The molecule has 0 saturated heterocycles. The zero-order chi connectivity index (χ0) is 18.3. The van der Waals surface area contributed by atoms with Crippen molar-refractivity contribution in [2.45, 2.75) is 34.3 Å². The normalized spacial score (nSPS) is 11.1. The van der Waals surface area contributed by atoms with Gasteiger partial charge in [-0.1, -0.05) is 11.6 Å². The Balaban J connectivity index is 1.86. The summed E-state index contributed by atoms with van der Waals surface area (Å²) >= 11 is 7.49. The molecule has 3 rings (SSSR count). The maximum atomic E-state index is 12.3. The Hall–Kier alpha value is -2.25. The predicted molar refractivity (Wildman–Crippen MR) is 97.6 cm³/mol. The van der Waals surface area contributed by atoms with Gasteiger partial charge in [0.1, 0.15) is 22.4 Å². The number of hydrogen-bond acceptors (Lipinski definition) is 6.